The van der Waals surface area contributed by atoms with Crippen LogP contribution in [0.1, 0.15) is 17.5 Å². The molecule has 1 fully saturated rings. The maximum atomic E-state index is 13.8. The van der Waals surface area contributed by atoms with Gasteiger partial charge < -0.3 is 4.57 Å². The minimum Gasteiger partial charge on any atom is -0.323 e. The summed E-state index contributed by atoms with van der Waals surface area (Å²) in [7, 11) is -5.57. The van der Waals surface area contributed by atoms with E-state index in [-0.39, 0.29) is 17.2 Å². The zero-order valence-corrected chi connectivity index (χ0v) is 16.1. The minimum absolute atomic E-state index is 0.105. The highest BCUT2D eigenvalue weighted by Gasteiger charge is 2.40. The first kappa shape index (κ1) is 18.4. The summed E-state index contributed by atoms with van der Waals surface area (Å²) in [5.41, 5.74) is 2.18. The van der Waals surface area contributed by atoms with Crippen molar-refractivity contribution in [3.8, 4) is 0 Å². The topological polar surface area (TPSA) is 51.2 Å². The summed E-state index contributed by atoms with van der Waals surface area (Å²) in [6.07, 6.45) is 3.27. The van der Waals surface area contributed by atoms with E-state index in [1.54, 1.807) is 0 Å². The summed E-state index contributed by atoms with van der Waals surface area (Å²) in [6, 6.07) is 20.1. The van der Waals surface area contributed by atoms with Crippen molar-refractivity contribution < 1.29 is 13.0 Å². The van der Waals surface area contributed by atoms with Crippen LogP contribution in [0.3, 0.4) is 0 Å². The molecule has 0 N–H and O–H groups in total. The second-order valence-corrected chi connectivity index (χ2v) is 12.7. The molecule has 0 saturated carbocycles. The Morgan fingerprint density at radius 1 is 0.840 bits per heavy atom. The van der Waals surface area contributed by atoms with Crippen LogP contribution in [0.25, 0.3) is 0 Å². The number of hydrogen-bond donors (Lipinski definition) is 0. The van der Waals surface area contributed by atoms with Gasteiger partial charge in [0.1, 0.15) is 0 Å². The SMILES string of the molecule is O=P(CCc1ccccc1)(CCc1ccccc1)C1CCS(=O)(=O)C1. The summed E-state index contributed by atoms with van der Waals surface area (Å²) in [5, 5.41) is 0. The molecule has 2 aromatic carbocycles. The Labute approximate surface area is 150 Å². The van der Waals surface area contributed by atoms with Gasteiger partial charge in [0.2, 0.25) is 0 Å². The third kappa shape index (κ3) is 5.05. The number of hydrogen-bond acceptors (Lipinski definition) is 3. The Morgan fingerprint density at radius 2 is 1.32 bits per heavy atom. The first-order valence-corrected chi connectivity index (χ1v) is 12.8. The molecule has 1 atom stereocenters. The Hall–Kier alpha value is -1.38. The van der Waals surface area contributed by atoms with Crippen molar-refractivity contribution in [3.63, 3.8) is 0 Å². The highest BCUT2D eigenvalue weighted by atomic mass is 32.2. The zero-order chi connectivity index (χ0) is 17.8. The van der Waals surface area contributed by atoms with Gasteiger partial charge in [-0.05, 0) is 30.4 Å². The Balaban J connectivity index is 1.74. The lowest BCUT2D eigenvalue weighted by Gasteiger charge is -2.24. The first-order chi connectivity index (χ1) is 12.0. The van der Waals surface area contributed by atoms with Gasteiger partial charge in [0, 0.05) is 18.0 Å². The number of aryl methyl sites for hydroxylation is 2. The molecule has 0 amide bonds. The second kappa shape index (κ2) is 7.88. The van der Waals surface area contributed by atoms with E-state index in [0.29, 0.717) is 18.7 Å². The van der Waals surface area contributed by atoms with Gasteiger partial charge in [0.25, 0.3) is 0 Å². The molecule has 1 unspecified atom stereocenters. The van der Waals surface area contributed by atoms with Gasteiger partial charge in [0.05, 0.1) is 18.6 Å². The van der Waals surface area contributed by atoms with E-state index in [1.165, 1.54) is 11.1 Å². The van der Waals surface area contributed by atoms with Gasteiger partial charge in [-0.3, -0.25) is 0 Å². The number of benzene rings is 2. The van der Waals surface area contributed by atoms with Crippen LogP contribution in [-0.4, -0.2) is 37.9 Å². The molecule has 1 aliphatic heterocycles. The summed E-state index contributed by atoms with van der Waals surface area (Å²) in [6.45, 7) is 0. The van der Waals surface area contributed by atoms with Crippen molar-refractivity contribution >= 4 is 17.0 Å². The highest BCUT2D eigenvalue weighted by Crippen LogP contribution is 2.55. The lowest BCUT2D eigenvalue weighted by Crippen LogP contribution is -2.17. The molecule has 3 rings (SSSR count). The van der Waals surface area contributed by atoms with Crippen molar-refractivity contribution in [2.45, 2.75) is 24.9 Å². The van der Waals surface area contributed by atoms with E-state index in [1.807, 2.05) is 60.7 Å². The van der Waals surface area contributed by atoms with E-state index < -0.39 is 17.0 Å². The molecule has 2 aromatic rings. The molecule has 0 aliphatic carbocycles. The molecule has 5 heteroatoms. The lowest BCUT2D eigenvalue weighted by atomic mass is 10.2. The van der Waals surface area contributed by atoms with E-state index in [9.17, 15) is 13.0 Å². The standard InChI is InChI=1S/C20H25O3PS/c21-24(20-13-16-25(22,23)17-20,14-11-18-7-3-1-4-8-18)15-12-19-9-5-2-6-10-19/h1-10,20H,11-17H2. The third-order valence-electron chi connectivity index (χ3n) is 5.12. The maximum absolute atomic E-state index is 13.8. The number of sulfone groups is 1. The fourth-order valence-electron chi connectivity index (χ4n) is 3.55. The predicted octanol–water partition coefficient (Wildman–Crippen LogP) is 4.02. The average molecular weight is 376 g/mol. The third-order valence-corrected chi connectivity index (χ3v) is 10.9. The van der Waals surface area contributed by atoms with Gasteiger partial charge >= 0.3 is 0 Å². The second-order valence-electron chi connectivity index (χ2n) is 6.93. The van der Waals surface area contributed by atoms with Crippen LogP contribution in [0.5, 0.6) is 0 Å². The van der Waals surface area contributed by atoms with Crippen molar-refractivity contribution in [1.82, 2.24) is 0 Å². The van der Waals surface area contributed by atoms with E-state index in [4.69, 9.17) is 0 Å². The van der Waals surface area contributed by atoms with Crippen LogP contribution in [0.4, 0.5) is 0 Å². The zero-order valence-electron chi connectivity index (χ0n) is 14.4. The summed E-state index contributed by atoms with van der Waals surface area (Å²) in [4.78, 5) is 0. The minimum atomic E-state index is -3.02. The van der Waals surface area contributed by atoms with E-state index in [2.05, 4.69) is 0 Å². The summed E-state index contributed by atoms with van der Waals surface area (Å²) in [5.74, 6) is 0.298. The highest BCUT2D eigenvalue weighted by molar-refractivity contribution is 7.92. The van der Waals surface area contributed by atoms with Crippen LogP contribution in [0, 0.1) is 0 Å². The average Bonchev–Trinajstić information content (AvgIpc) is 3.01. The van der Waals surface area contributed by atoms with Crippen molar-refractivity contribution in [2.24, 2.45) is 0 Å². The van der Waals surface area contributed by atoms with Crippen LogP contribution in [0.15, 0.2) is 60.7 Å². The quantitative estimate of drug-likeness (QED) is 0.686. The Kier molecular flexibility index (Phi) is 5.81. The molecule has 3 nitrogen and oxygen atoms in total. The van der Waals surface area contributed by atoms with Gasteiger partial charge in [0.15, 0.2) is 9.84 Å². The molecule has 1 aliphatic rings. The fourth-order valence-corrected chi connectivity index (χ4v) is 9.88. The molecule has 1 saturated heterocycles. The van der Waals surface area contributed by atoms with Gasteiger partial charge in [-0.2, -0.15) is 0 Å². The Bertz CT molecular complexity index is 784. The lowest BCUT2D eigenvalue weighted by molar-refractivity contribution is 0.564. The molecule has 25 heavy (non-hydrogen) atoms. The normalized spacial score (nSPS) is 19.8. The van der Waals surface area contributed by atoms with Crippen molar-refractivity contribution in [2.75, 3.05) is 23.8 Å². The van der Waals surface area contributed by atoms with Crippen LogP contribution >= 0.6 is 7.14 Å². The molecule has 0 aromatic heterocycles. The molecular weight excluding hydrogens is 351 g/mol. The molecule has 0 radical (unpaired) electrons. The van der Waals surface area contributed by atoms with E-state index in [0.717, 1.165) is 12.8 Å². The Morgan fingerprint density at radius 3 is 1.72 bits per heavy atom. The molecular formula is C20H25O3PS. The van der Waals surface area contributed by atoms with Crippen LogP contribution in [0.2, 0.25) is 0 Å². The van der Waals surface area contributed by atoms with Crippen LogP contribution < -0.4 is 0 Å². The van der Waals surface area contributed by atoms with Crippen molar-refractivity contribution in [1.29, 1.82) is 0 Å². The largest absolute Gasteiger partial charge is 0.323 e. The van der Waals surface area contributed by atoms with Gasteiger partial charge in [-0.15, -0.1) is 0 Å². The van der Waals surface area contributed by atoms with Gasteiger partial charge in [-0.1, -0.05) is 60.7 Å². The molecule has 0 bridgehead atoms. The maximum Gasteiger partial charge on any atom is 0.151 e. The predicted molar refractivity (Wildman–Crippen MR) is 105 cm³/mol. The monoisotopic (exact) mass is 376 g/mol. The number of rotatable bonds is 7. The summed E-state index contributed by atoms with van der Waals surface area (Å²) >= 11 is 0. The molecule has 0 spiro atoms. The smallest absolute Gasteiger partial charge is 0.151 e. The molecule has 134 valence electrons. The fraction of sp³-hybridized carbons (Fsp3) is 0.400. The van der Waals surface area contributed by atoms with Crippen molar-refractivity contribution in [3.05, 3.63) is 71.8 Å². The van der Waals surface area contributed by atoms with Gasteiger partial charge in [-0.25, -0.2) is 8.42 Å². The van der Waals surface area contributed by atoms with E-state index >= 15 is 0 Å². The molecule has 1 heterocycles. The first-order valence-electron chi connectivity index (χ1n) is 8.83. The van der Waals surface area contributed by atoms with Crippen LogP contribution in [-0.2, 0) is 27.2 Å². The summed E-state index contributed by atoms with van der Waals surface area (Å²) < 4.78 is 37.6.